The third kappa shape index (κ3) is 4.76. The molecule has 1 atom stereocenters. The number of benzene rings is 1. The second-order valence-electron chi connectivity index (χ2n) is 5.07. The molecule has 4 heteroatoms. The Balaban J connectivity index is 2.60. The predicted octanol–water partition coefficient (Wildman–Crippen LogP) is 1.95. The summed E-state index contributed by atoms with van der Waals surface area (Å²) in [5, 5.41) is 2.86. The summed E-state index contributed by atoms with van der Waals surface area (Å²) in [7, 11) is 0. The fraction of sp³-hybridized carbons (Fsp3) is 0.462. The quantitative estimate of drug-likeness (QED) is 0.788. The largest absolute Gasteiger partial charge is 0.481 e. The van der Waals surface area contributed by atoms with Gasteiger partial charge in [-0.3, -0.25) is 4.79 Å². The van der Waals surface area contributed by atoms with Crippen molar-refractivity contribution < 1.29 is 9.53 Å². The summed E-state index contributed by atoms with van der Waals surface area (Å²) >= 11 is 0. The molecule has 0 bridgehead atoms. The van der Waals surface area contributed by atoms with E-state index in [0.717, 1.165) is 0 Å². The van der Waals surface area contributed by atoms with Crippen LogP contribution >= 0.6 is 0 Å². The lowest BCUT2D eigenvalue weighted by Gasteiger charge is -2.23. The van der Waals surface area contributed by atoms with Crippen molar-refractivity contribution in [3.8, 4) is 5.75 Å². The average molecular weight is 236 g/mol. The van der Waals surface area contributed by atoms with E-state index >= 15 is 0 Å². The van der Waals surface area contributed by atoms with Crippen LogP contribution in [-0.2, 0) is 4.79 Å². The number of nitrogen functional groups attached to an aromatic ring is 1. The molecule has 3 N–H and O–H groups in total. The van der Waals surface area contributed by atoms with E-state index in [1.807, 2.05) is 20.8 Å². The highest BCUT2D eigenvalue weighted by Gasteiger charge is 2.20. The summed E-state index contributed by atoms with van der Waals surface area (Å²) in [6, 6.07) is 7.03. The lowest BCUT2D eigenvalue weighted by molar-refractivity contribution is -0.128. The number of nitrogens with two attached hydrogens (primary N) is 1. The number of nitrogens with one attached hydrogen (secondary N) is 1. The van der Waals surface area contributed by atoms with Gasteiger partial charge >= 0.3 is 0 Å². The molecule has 0 fully saturated rings. The van der Waals surface area contributed by atoms with Gasteiger partial charge in [0.05, 0.1) is 0 Å². The average Bonchev–Trinajstić information content (AvgIpc) is 2.14. The van der Waals surface area contributed by atoms with Gasteiger partial charge in [-0.1, -0.05) is 6.07 Å². The van der Waals surface area contributed by atoms with Crippen molar-refractivity contribution in [1.29, 1.82) is 0 Å². The second kappa shape index (κ2) is 5.08. The van der Waals surface area contributed by atoms with Gasteiger partial charge in [0.2, 0.25) is 0 Å². The van der Waals surface area contributed by atoms with Crippen molar-refractivity contribution in [3.63, 3.8) is 0 Å². The first-order chi connectivity index (χ1) is 7.78. The first-order valence-corrected chi connectivity index (χ1v) is 5.62. The zero-order valence-electron chi connectivity index (χ0n) is 10.8. The van der Waals surface area contributed by atoms with Gasteiger partial charge in [-0.15, -0.1) is 0 Å². The second-order valence-corrected chi connectivity index (χ2v) is 5.07. The van der Waals surface area contributed by atoms with E-state index < -0.39 is 6.10 Å². The van der Waals surface area contributed by atoms with Gasteiger partial charge in [0.15, 0.2) is 6.10 Å². The maximum Gasteiger partial charge on any atom is 0.261 e. The highest BCUT2D eigenvalue weighted by Crippen LogP contribution is 2.16. The van der Waals surface area contributed by atoms with E-state index in [4.69, 9.17) is 10.5 Å². The van der Waals surface area contributed by atoms with Crippen LogP contribution in [0.25, 0.3) is 0 Å². The normalized spacial score (nSPS) is 12.9. The summed E-state index contributed by atoms with van der Waals surface area (Å²) < 4.78 is 5.51. The van der Waals surface area contributed by atoms with Gasteiger partial charge in [0.25, 0.3) is 5.91 Å². The topological polar surface area (TPSA) is 64.3 Å². The van der Waals surface area contributed by atoms with Crippen LogP contribution < -0.4 is 15.8 Å². The molecule has 0 heterocycles. The van der Waals surface area contributed by atoms with E-state index in [0.29, 0.717) is 11.4 Å². The Morgan fingerprint density at radius 2 is 2.06 bits per heavy atom. The molecule has 94 valence electrons. The fourth-order valence-corrected chi connectivity index (χ4v) is 1.32. The molecule has 1 rings (SSSR count). The van der Waals surface area contributed by atoms with Crippen LogP contribution in [0.2, 0.25) is 0 Å². The Bertz CT molecular complexity index is 397. The Morgan fingerprint density at radius 3 is 2.59 bits per heavy atom. The molecular formula is C13H20N2O2. The third-order valence-electron chi connectivity index (χ3n) is 2.04. The number of anilines is 1. The third-order valence-corrected chi connectivity index (χ3v) is 2.04. The lowest BCUT2D eigenvalue weighted by atomic mass is 10.1. The Labute approximate surface area is 102 Å². The van der Waals surface area contributed by atoms with Gasteiger partial charge in [-0.25, -0.2) is 0 Å². The van der Waals surface area contributed by atoms with Crippen LogP contribution in [0.5, 0.6) is 5.75 Å². The van der Waals surface area contributed by atoms with Gasteiger partial charge < -0.3 is 15.8 Å². The van der Waals surface area contributed by atoms with Gasteiger partial charge in [-0.2, -0.15) is 0 Å². The van der Waals surface area contributed by atoms with Crippen molar-refractivity contribution in [2.75, 3.05) is 5.73 Å². The van der Waals surface area contributed by atoms with Crippen molar-refractivity contribution >= 4 is 11.6 Å². The highest BCUT2D eigenvalue weighted by atomic mass is 16.5. The van der Waals surface area contributed by atoms with Crippen LogP contribution in [-0.4, -0.2) is 17.6 Å². The van der Waals surface area contributed by atoms with E-state index in [1.165, 1.54) is 0 Å². The van der Waals surface area contributed by atoms with Crippen LogP contribution in [0.4, 0.5) is 5.69 Å². The zero-order valence-corrected chi connectivity index (χ0v) is 10.8. The van der Waals surface area contributed by atoms with E-state index in [2.05, 4.69) is 5.32 Å². The monoisotopic (exact) mass is 236 g/mol. The number of carbonyl (C=O) groups excluding carboxylic acids is 1. The maximum atomic E-state index is 11.8. The Morgan fingerprint density at radius 1 is 1.41 bits per heavy atom. The molecule has 0 aliphatic heterocycles. The molecule has 1 aromatic rings. The number of hydrogen-bond donors (Lipinski definition) is 2. The number of hydrogen-bond acceptors (Lipinski definition) is 3. The minimum atomic E-state index is -0.545. The minimum absolute atomic E-state index is 0.139. The zero-order chi connectivity index (χ0) is 13.1. The van der Waals surface area contributed by atoms with Crippen LogP contribution in [0, 0.1) is 0 Å². The van der Waals surface area contributed by atoms with E-state index in [-0.39, 0.29) is 11.4 Å². The molecule has 0 saturated carbocycles. The summed E-state index contributed by atoms with van der Waals surface area (Å²) in [6.07, 6.45) is -0.545. The first-order valence-electron chi connectivity index (χ1n) is 5.62. The molecule has 0 aromatic heterocycles. The first kappa shape index (κ1) is 13.4. The molecule has 1 aromatic carbocycles. The number of amides is 1. The number of ether oxygens (including phenoxy) is 1. The van der Waals surface area contributed by atoms with Crippen LogP contribution in [0.1, 0.15) is 27.7 Å². The minimum Gasteiger partial charge on any atom is -0.481 e. The van der Waals surface area contributed by atoms with Crippen molar-refractivity contribution in [3.05, 3.63) is 24.3 Å². The fourth-order valence-electron chi connectivity index (χ4n) is 1.32. The summed E-state index contributed by atoms with van der Waals surface area (Å²) in [5.74, 6) is 0.460. The van der Waals surface area contributed by atoms with Gasteiger partial charge in [-0.05, 0) is 39.8 Å². The molecule has 0 aliphatic carbocycles. The van der Waals surface area contributed by atoms with E-state index in [9.17, 15) is 4.79 Å². The standard InChI is InChI=1S/C13H20N2O2/c1-9(12(16)15-13(2,3)4)17-11-7-5-6-10(14)8-11/h5-9H,14H2,1-4H3,(H,15,16)/t9-/m0/s1. The molecule has 4 nitrogen and oxygen atoms in total. The molecule has 0 unspecified atom stereocenters. The molecule has 17 heavy (non-hydrogen) atoms. The van der Waals surface area contributed by atoms with Crippen LogP contribution in [0.15, 0.2) is 24.3 Å². The van der Waals surface area contributed by atoms with Crippen molar-refractivity contribution in [1.82, 2.24) is 5.32 Å². The molecule has 0 spiro atoms. The molecule has 1 amide bonds. The summed E-state index contributed by atoms with van der Waals surface area (Å²) in [6.45, 7) is 7.50. The summed E-state index contributed by atoms with van der Waals surface area (Å²) in [5.41, 5.74) is 5.99. The lowest BCUT2D eigenvalue weighted by Crippen LogP contribution is -2.46. The Hall–Kier alpha value is -1.71. The smallest absolute Gasteiger partial charge is 0.261 e. The number of carbonyl (C=O) groups is 1. The SMILES string of the molecule is C[C@H](Oc1cccc(N)c1)C(=O)NC(C)(C)C. The van der Waals surface area contributed by atoms with Crippen LogP contribution in [0.3, 0.4) is 0 Å². The van der Waals surface area contributed by atoms with Crippen molar-refractivity contribution in [2.24, 2.45) is 0 Å². The Kier molecular flexibility index (Phi) is 3.99. The van der Waals surface area contributed by atoms with Gasteiger partial charge in [0, 0.05) is 17.3 Å². The van der Waals surface area contributed by atoms with Crippen molar-refractivity contribution in [2.45, 2.75) is 39.3 Å². The highest BCUT2D eigenvalue weighted by molar-refractivity contribution is 5.81. The maximum absolute atomic E-state index is 11.8. The molecular weight excluding hydrogens is 216 g/mol. The molecule has 0 aliphatic rings. The number of rotatable bonds is 3. The summed E-state index contributed by atoms with van der Waals surface area (Å²) in [4.78, 5) is 11.8. The predicted molar refractivity (Wildman–Crippen MR) is 68.8 cm³/mol. The molecule has 0 radical (unpaired) electrons. The van der Waals surface area contributed by atoms with Gasteiger partial charge in [0.1, 0.15) is 5.75 Å². The van der Waals surface area contributed by atoms with E-state index in [1.54, 1.807) is 31.2 Å². The molecule has 0 saturated heterocycles.